The van der Waals surface area contributed by atoms with E-state index in [9.17, 15) is 19.7 Å². The number of aliphatic carboxylic acids is 1. The van der Waals surface area contributed by atoms with Gasteiger partial charge in [0.1, 0.15) is 18.3 Å². The number of rotatable bonds is 4. The smallest absolute Gasteiger partial charge is 0.312 e. The van der Waals surface area contributed by atoms with Crippen molar-refractivity contribution < 1.29 is 19.6 Å². The number of carbonyl (C=O) groups excluding carboxylic acids is 1. The molecule has 1 aromatic rings. The lowest BCUT2D eigenvalue weighted by Gasteiger charge is -2.35. The first-order valence-electron chi connectivity index (χ1n) is 6.32. The highest BCUT2D eigenvalue weighted by atomic mass is 16.6. The van der Waals surface area contributed by atoms with Gasteiger partial charge in [-0.05, 0) is 6.07 Å². The molecule has 1 fully saturated rings. The Balaban J connectivity index is 2.03. The molecule has 1 amide bonds. The van der Waals surface area contributed by atoms with Gasteiger partial charge in [-0.25, -0.2) is 0 Å². The zero-order valence-corrected chi connectivity index (χ0v) is 11.1. The Labute approximate surface area is 119 Å². The van der Waals surface area contributed by atoms with Crippen LogP contribution in [0.3, 0.4) is 0 Å². The maximum absolute atomic E-state index is 11.6. The van der Waals surface area contributed by atoms with Crippen molar-refractivity contribution in [3.63, 3.8) is 0 Å². The SMILES string of the molecule is O=C(O)CC(=O)N1CCN(c2ccncc2[N+](=O)[O-])CC1. The van der Waals surface area contributed by atoms with Gasteiger partial charge in [-0.15, -0.1) is 0 Å². The molecule has 1 saturated heterocycles. The van der Waals surface area contributed by atoms with E-state index in [2.05, 4.69) is 4.98 Å². The van der Waals surface area contributed by atoms with Gasteiger partial charge in [-0.2, -0.15) is 0 Å². The van der Waals surface area contributed by atoms with Crippen molar-refractivity contribution in [1.82, 2.24) is 9.88 Å². The van der Waals surface area contributed by atoms with Gasteiger partial charge in [0.2, 0.25) is 5.91 Å². The van der Waals surface area contributed by atoms with Crippen LogP contribution in [0.5, 0.6) is 0 Å². The van der Waals surface area contributed by atoms with E-state index in [1.165, 1.54) is 17.3 Å². The molecule has 21 heavy (non-hydrogen) atoms. The molecule has 0 aliphatic carbocycles. The maximum Gasteiger partial charge on any atom is 0.312 e. The highest BCUT2D eigenvalue weighted by Crippen LogP contribution is 2.27. The molecule has 1 N–H and O–H groups in total. The van der Waals surface area contributed by atoms with Crippen LogP contribution in [0.15, 0.2) is 18.5 Å². The number of aromatic nitrogens is 1. The van der Waals surface area contributed by atoms with Gasteiger partial charge in [0.15, 0.2) is 0 Å². The highest BCUT2D eigenvalue weighted by Gasteiger charge is 2.26. The second-order valence-corrected chi connectivity index (χ2v) is 4.56. The van der Waals surface area contributed by atoms with Gasteiger partial charge < -0.3 is 14.9 Å². The van der Waals surface area contributed by atoms with Crippen molar-refractivity contribution in [3.8, 4) is 0 Å². The van der Waals surface area contributed by atoms with E-state index in [-0.39, 0.29) is 5.69 Å². The van der Waals surface area contributed by atoms with Crippen LogP contribution in [0, 0.1) is 10.1 Å². The maximum atomic E-state index is 11.6. The largest absolute Gasteiger partial charge is 0.481 e. The number of amides is 1. The zero-order chi connectivity index (χ0) is 15.4. The molecule has 0 aromatic carbocycles. The van der Waals surface area contributed by atoms with E-state index in [0.717, 1.165) is 0 Å². The molecule has 1 aliphatic rings. The van der Waals surface area contributed by atoms with Crippen molar-refractivity contribution in [2.75, 3.05) is 31.1 Å². The molecule has 0 radical (unpaired) electrons. The number of piperazine rings is 1. The quantitative estimate of drug-likeness (QED) is 0.476. The summed E-state index contributed by atoms with van der Waals surface area (Å²) in [6.07, 6.45) is 2.14. The minimum Gasteiger partial charge on any atom is -0.481 e. The summed E-state index contributed by atoms with van der Waals surface area (Å²) in [7, 11) is 0. The van der Waals surface area contributed by atoms with Crippen molar-refractivity contribution in [2.24, 2.45) is 0 Å². The first-order chi connectivity index (χ1) is 9.99. The molecule has 1 aromatic heterocycles. The predicted octanol–water partition coefficient (Wildman–Crippen LogP) is 0.113. The fourth-order valence-corrected chi connectivity index (χ4v) is 2.22. The van der Waals surface area contributed by atoms with E-state index in [1.54, 1.807) is 11.0 Å². The summed E-state index contributed by atoms with van der Waals surface area (Å²) < 4.78 is 0. The summed E-state index contributed by atoms with van der Waals surface area (Å²) in [6, 6.07) is 1.56. The molecule has 0 saturated carbocycles. The predicted molar refractivity (Wildman–Crippen MR) is 71.9 cm³/mol. The molecule has 2 rings (SSSR count). The second kappa shape index (κ2) is 6.16. The lowest BCUT2D eigenvalue weighted by atomic mass is 10.2. The van der Waals surface area contributed by atoms with E-state index in [0.29, 0.717) is 31.9 Å². The van der Waals surface area contributed by atoms with Crippen LogP contribution in [0.1, 0.15) is 6.42 Å². The number of hydrogen-bond donors (Lipinski definition) is 1. The molecular formula is C12H14N4O5. The molecule has 1 aliphatic heterocycles. The third-order valence-corrected chi connectivity index (χ3v) is 3.25. The van der Waals surface area contributed by atoms with E-state index in [4.69, 9.17) is 5.11 Å². The summed E-state index contributed by atoms with van der Waals surface area (Å²) in [6.45, 7) is 1.50. The van der Waals surface area contributed by atoms with Crippen LogP contribution in [-0.2, 0) is 9.59 Å². The Morgan fingerprint density at radius 3 is 2.57 bits per heavy atom. The van der Waals surface area contributed by atoms with Crippen molar-refractivity contribution >= 4 is 23.3 Å². The molecule has 9 nitrogen and oxygen atoms in total. The van der Waals surface area contributed by atoms with Crippen LogP contribution in [-0.4, -0.2) is 58.0 Å². The summed E-state index contributed by atoms with van der Waals surface area (Å²) >= 11 is 0. The molecule has 2 heterocycles. The first-order valence-corrected chi connectivity index (χ1v) is 6.32. The minimum atomic E-state index is -1.16. The molecular weight excluding hydrogens is 280 g/mol. The first kappa shape index (κ1) is 14.7. The van der Waals surface area contributed by atoms with Gasteiger partial charge >= 0.3 is 11.7 Å². The Bertz CT molecular complexity index is 569. The van der Waals surface area contributed by atoms with Crippen LogP contribution in [0.4, 0.5) is 11.4 Å². The monoisotopic (exact) mass is 294 g/mol. The van der Waals surface area contributed by atoms with Crippen LogP contribution >= 0.6 is 0 Å². The van der Waals surface area contributed by atoms with E-state index < -0.39 is 23.2 Å². The molecule has 0 atom stereocenters. The van der Waals surface area contributed by atoms with E-state index in [1.807, 2.05) is 0 Å². The lowest BCUT2D eigenvalue weighted by molar-refractivity contribution is -0.384. The summed E-state index contributed by atoms with van der Waals surface area (Å²) in [5, 5.41) is 19.6. The van der Waals surface area contributed by atoms with Crippen LogP contribution in [0.25, 0.3) is 0 Å². The summed E-state index contributed by atoms with van der Waals surface area (Å²) in [5.41, 5.74) is 0.378. The Morgan fingerprint density at radius 2 is 2.00 bits per heavy atom. The van der Waals surface area contributed by atoms with Gasteiger partial charge in [0, 0.05) is 32.4 Å². The second-order valence-electron chi connectivity index (χ2n) is 4.56. The number of nitrogens with zero attached hydrogens (tertiary/aromatic N) is 4. The van der Waals surface area contributed by atoms with Crippen molar-refractivity contribution in [2.45, 2.75) is 6.42 Å². The molecule has 9 heteroatoms. The number of carboxylic acid groups (broad SMARTS) is 1. The Kier molecular flexibility index (Phi) is 4.31. The number of pyridine rings is 1. The fraction of sp³-hybridized carbons (Fsp3) is 0.417. The number of nitro groups is 1. The van der Waals surface area contributed by atoms with Gasteiger partial charge in [-0.1, -0.05) is 0 Å². The Hall–Kier alpha value is -2.71. The third-order valence-electron chi connectivity index (χ3n) is 3.25. The topological polar surface area (TPSA) is 117 Å². The summed E-state index contributed by atoms with van der Waals surface area (Å²) in [4.78, 5) is 39.6. The van der Waals surface area contributed by atoms with Gasteiger partial charge in [-0.3, -0.25) is 24.7 Å². The Morgan fingerprint density at radius 1 is 1.33 bits per heavy atom. The number of hydrogen-bond acceptors (Lipinski definition) is 6. The minimum absolute atomic E-state index is 0.0807. The van der Waals surface area contributed by atoms with Gasteiger partial charge in [0.25, 0.3) is 0 Å². The summed E-state index contributed by atoms with van der Waals surface area (Å²) in [5.74, 6) is -1.60. The normalized spacial score (nSPS) is 14.9. The number of carboxylic acids is 1. The standard InChI is InChI=1S/C12H14N4O5/c17-11(7-12(18)19)15-5-3-14(4-6-15)9-1-2-13-8-10(9)16(20)21/h1-2,8H,3-7H2,(H,18,19). The van der Waals surface area contributed by atoms with Crippen molar-refractivity contribution in [1.29, 1.82) is 0 Å². The lowest BCUT2D eigenvalue weighted by Crippen LogP contribution is -2.49. The van der Waals surface area contributed by atoms with Crippen LogP contribution in [0.2, 0.25) is 0 Å². The average Bonchev–Trinajstić information content (AvgIpc) is 2.46. The molecule has 112 valence electrons. The van der Waals surface area contributed by atoms with Crippen LogP contribution < -0.4 is 4.90 Å². The van der Waals surface area contributed by atoms with Gasteiger partial charge in [0.05, 0.1) is 4.92 Å². The molecule has 0 bridgehead atoms. The van der Waals surface area contributed by atoms with Crippen molar-refractivity contribution in [3.05, 3.63) is 28.6 Å². The average molecular weight is 294 g/mol. The highest BCUT2D eigenvalue weighted by molar-refractivity contribution is 5.93. The third kappa shape index (κ3) is 3.44. The number of carbonyl (C=O) groups is 2. The zero-order valence-electron chi connectivity index (χ0n) is 11.1. The molecule has 0 unspecified atom stereocenters. The number of anilines is 1. The van der Waals surface area contributed by atoms with E-state index >= 15 is 0 Å². The fourth-order valence-electron chi connectivity index (χ4n) is 2.22. The molecule has 0 spiro atoms.